The molecular formula is C21H21ClN2O4. The molecule has 0 radical (unpaired) electrons. The molecule has 1 fully saturated rings. The molecule has 1 unspecified atom stereocenters. The van der Waals surface area contributed by atoms with Crippen molar-refractivity contribution in [2.75, 3.05) is 13.2 Å². The Morgan fingerprint density at radius 2 is 2.07 bits per heavy atom. The number of rotatable bonds is 6. The Balaban J connectivity index is 2.17. The second kappa shape index (κ2) is 8.44. The van der Waals surface area contributed by atoms with E-state index >= 15 is 0 Å². The molecule has 0 aliphatic carbocycles. The van der Waals surface area contributed by atoms with Gasteiger partial charge in [0.2, 0.25) is 0 Å². The number of aliphatic hydroxyl groups excluding tert-OH is 1. The standard InChI is InChI=1S/C21H21ClN2O4/c1-3-10-24-18(14-6-5-9-23-12-14)17(20(26)21(24)27)19(25)13-7-8-15(22)16(11-13)28-4-2/h5-9,11-12,18,25H,3-4,10H2,1-2H3/b19-17-. The summed E-state index contributed by atoms with van der Waals surface area (Å²) in [5.41, 5.74) is 1.06. The molecule has 0 bridgehead atoms. The van der Waals surface area contributed by atoms with Crippen molar-refractivity contribution in [1.29, 1.82) is 0 Å². The molecule has 1 atom stereocenters. The highest BCUT2D eigenvalue weighted by molar-refractivity contribution is 6.46. The average molecular weight is 401 g/mol. The van der Waals surface area contributed by atoms with Gasteiger partial charge in [0.15, 0.2) is 0 Å². The molecule has 7 heteroatoms. The van der Waals surface area contributed by atoms with Crippen molar-refractivity contribution in [1.82, 2.24) is 9.88 Å². The first-order chi connectivity index (χ1) is 13.5. The number of nitrogens with zero attached hydrogens (tertiary/aromatic N) is 2. The number of hydrogen-bond donors (Lipinski definition) is 1. The first-order valence-corrected chi connectivity index (χ1v) is 9.48. The second-order valence-corrected chi connectivity index (χ2v) is 6.76. The third-order valence-corrected chi connectivity index (χ3v) is 4.82. The largest absolute Gasteiger partial charge is 0.507 e. The molecular weight excluding hydrogens is 380 g/mol. The fourth-order valence-electron chi connectivity index (χ4n) is 3.31. The lowest BCUT2D eigenvalue weighted by Crippen LogP contribution is -2.30. The van der Waals surface area contributed by atoms with Crippen LogP contribution in [0.25, 0.3) is 5.76 Å². The first kappa shape index (κ1) is 19.9. The number of aliphatic hydroxyl groups is 1. The number of carbonyl (C=O) groups excluding carboxylic acids is 2. The highest BCUT2D eigenvalue weighted by Crippen LogP contribution is 2.40. The van der Waals surface area contributed by atoms with Crippen LogP contribution in [0.1, 0.15) is 37.4 Å². The maximum absolute atomic E-state index is 12.8. The number of ether oxygens (including phenoxy) is 1. The van der Waals surface area contributed by atoms with E-state index in [0.29, 0.717) is 41.5 Å². The number of Topliss-reactive ketones (excluding diaryl/α,β-unsaturated/α-hetero) is 1. The highest BCUT2D eigenvalue weighted by Gasteiger charge is 2.45. The summed E-state index contributed by atoms with van der Waals surface area (Å²) in [4.78, 5) is 31.0. The van der Waals surface area contributed by atoms with Crippen LogP contribution in [-0.4, -0.2) is 39.8 Å². The Morgan fingerprint density at radius 1 is 1.29 bits per heavy atom. The summed E-state index contributed by atoms with van der Waals surface area (Å²) in [6, 6.07) is 7.56. The van der Waals surface area contributed by atoms with Crippen LogP contribution < -0.4 is 4.74 Å². The monoisotopic (exact) mass is 400 g/mol. The molecule has 0 spiro atoms. The van der Waals surface area contributed by atoms with Gasteiger partial charge in [-0.25, -0.2) is 0 Å². The van der Waals surface area contributed by atoms with Crippen LogP contribution >= 0.6 is 11.6 Å². The van der Waals surface area contributed by atoms with Gasteiger partial charge < -0.3 is 14.7 Å². The maximum Gasteiger partial charge on any atom is 0.295 e. The van der Waals surface area contributed by atoms with Gasteiger partial charge in [0.1, 0.15) is 11.5 Å². The number of amides is 1. The van der Waals surface area contributed by atoms with Gasteiger partial charge in [-0.1, -0.05) is 24.6 Å². The lowest BCUT2D eigenvalue weighted by atomic mass is 9.96. The topological polar surface area (TPSA) is 79.7 Å². The Hall–Kier alpha value is -2.86. The second-order valence-electron chi connectivity index (χ2n) is 6.36. The molecule has 28 heavy (non-hydrogen) atoms. The van der Waals surface area contributed by atoms with Gasteiger partial charge in [0, 0.05) is 24.5 Å². The lowest BCUT2D eigenvalue weighted by molar-refractivity contribution is -0.139. The SMILES string of the molecule is CCCN1C(=O)C(=O)/C(=C(\O)c2ccc(Cl)c(OCC)c2)C1c1cccnc1. The van der Waals surface area contributed by atoms with E-state index in [1.54, 1.807) is 42.7 Å². The fourth-order valence-corrected chi connectivity index (χ4v) is 3.48. The summed E-state index contributed by atoms with van der Waals surface area (Å²) in [6.45, 7) is 4.54. The first-order valence-electron chi connectivity index (χ1n) is 9.10. The zero-order valence-corrected chi connectivity index (χ0v) is 16.4. The van der Waals surface area contributed by atoms with Gasteiger partial charge in [-0.2, -0.15) is 0 Å². The molecule has 146 valence electrons. The maximum atomic E-state index is 12.8. The molecule has 1 aromatic carbocycles. The number of benzene rings is 1. The van der Waals surface area contributed by atoms with Gasteiger partial charge >= 0.3 is 0 Å². The van der Waals surface area contributed by atoms with Crippen molar-refractivity contribution in [3.8, 4) is 5.75 Å². The van der Waals surface area contributed by atoms with Gasteiger partial charge in [-0.05, 0) is 43.2 Å². The molecule has 1 saturated heterocycles. The number of hydrogen-bond acceptors (Lipinski definition) is 5. The Kier molecular flexibility index (Phi) is 5.99. The summed E-state index contributed by atoms with van der Waals surface area (Å²) >= 11 is 6.12. The number of carbonyl (C=O) groups is 2. The number of pyridine rings is 1. The van der Waals surface area contributed by atoms with Crippen LogP contribution in [0.2, 0.25) is 5.02 Å². The zero-order chi connectivity index (χ0) is 20.3. The van der Waals surface area contributed by atoms with Crippen molar-refractivity contribution in [3.05, 3.63) is 64.4 Å². The Labute approximate surface area is 168 Å². The minimum Gasteiger partial charge on any atom is -0.507 e. The van der Waals surface area contributed by atoms with Crippen LogP contribution in [0.15, 0.2) is 48.3 Å². The minimum atomic E-state index is -0.715. The predicted octanol–water partition coefficient (Wildman–Crippen LogP) is 3.97. The number of ketones is 1. The van der Waals surface area contributed by atoms with Gasteiger partial charge in [-0.3, -0.25) is 14.6 Å². The molecule has 1 N–H and O–H groups in total. The third kappa shape index (κ3) is 3.60. The predicted molar refractivity (Wildman–Crippen MR) is 106 cm³/mol. The van der Waals surface area contributed by atoms with Crippen LogP contribution in [-0.2, 0) is 9.59 Å². The van der Waals surface area contributed by atoms with Crippen molar-refractivity contribution in [3.63, 3.8) is 0 Å². The molecule has 1 aliphatic heterocycles. The highest BCUT2D eigenvalue weighted by atomic mass is 35.5. The summed E-state index contributed by atoms with van der Waals surface area (Å²) in [5, 5.41) is 11.4. The molecule has 1 amide bonds. The van der Waals surface area contributed by atoms with E-state index in [-0.39, 0.29) is 11.3 Å². The van der Waals surface area contributed by atoms with Crippen molar-refractivity contribution < 1.29 is 19.4 Å². The van der Waals surface area contributed by atoms with Crippen LogP contribution in [0.5, 0.6) is 5.75 Å². The van der Waals surface area contributed by atoms with Crippen LogP contribution in [0, 0.1) is 0 Å². The van der Waals surface area contributed by atoms with E-state index in [0.717, 1.165) is 0 Å². The van der Waals surface area contributed by atoms with Crippen LogP contribution in [0.3, 0.4) is 0 Å². The van der Waals surface area contributed by atoms with E-state index in [1.807, 2.05) is 13.8 Å². The van der Waals surface area contributed by atoms with E-state index in [2.05, 4.69) is 4.98 Å². The number of halogens is 1. The third-order valence-electron chi connectivity index (χ3n) is 4.51. The normalized spacial score (nSPS) is 18.5. The average Bonchev–Trinajstić information content (AvgIpc) is 2.95. The quantitative estimate of drug-likeness (QED) is 0.451. The lowest BCUT2D eigenvalue weighted by Gasteiger charge is -2.24. The van der Waals surface area contributed by atoms with E-state index < -0.39 is 17.7 Å². The van der Waals surface area contributed by atoms with Crippen molar-refractivity contribution >= 4 is 29.1 Å². The fraction of sp³-hybridized carbons (Fsp3) is 0.286. The van der Waals surface area contributed by atoms with E-state index in [1.165, 1.54) is 4.90 Å². The number of aromatic nitrogens is 1. The Morgan fingerprint density at radius 3 is 2.71 bits per heavy atom. The molecule has 1 aliphatic rings. The molecule has 0 saturated carbocycles. The van der Waals surface area contributed by atoms with Crippen molar-refractivity contribution in [2.45, 2.75) is 26.3 Å². The summed E-state index contributed by atoms with van der Waals surface area (Å²) in [7, 11) is 0. The van der Waals surface area contributed by atoms with Gasteiger partial charge in [0.25, 0.3) is 11.7 Å². The summed E-state index contributed by atoms with van der Waals surface area (Å²) < 4.78 is 5.47. The van der Waals surface area contributed by atoms with Crippen molar-refractivity contribution in [2.24, 2.45) is 0 Å². The molecule has 2 aromatic rings. The van der Waals surface area contributed by atoms with Crippen LogP contribution in [0.4, 0.5) is 0 Å². The minimum absolute atomic E-state index is 0.0382. The smallest absolute Gasteiger partial charge is 0.295 e. The summed E-state index contributed by atoms with van der Waals surface area (Å²) in [5.74, 6) is -1.21. The number of likely N-dealkylation sites (tertiary alicyclic amines) is 1. The van der Waals surface area contributed by atoms with E-state index in [9.17, 15) is 14.7 Å². The molecule has 2 heterocycles. The molecule has 1 aromatic heterocycles. The zero-order valence-electron chi connectivity index (χ0n) is 15.7. The summed E-state index contributed by atoms with van der Waals surface area (Å²) in [6.07, 6.45) is 3.89. The van der Waals surface area contributed by atoms with Gasteiger partial charge in [-0.15, -0.1) is 0 Å². The molecule has 3 rings (SSSR count). The van der Waals surface area contributed by atoms with Gasteiger partial charge in [0.05, 0.1) is 23.2 Å². The Bertz CT molecular complexity index is 927. The van der Waals surface area contributed by atoms with E-state index in [4.69, 9.17) is 16.3 Å². The molecule has 6 nitrogen and oxygen atoms in total.